The third-order valence-corrected chi connectivity index (χ3v) is 7.47. The SMILES string of the molecule is CCOC(=O)[C@H]1C[C@@H]1c1ccc(O[C@@H]2CCc3c(-c4cccc5c4ccn5C)ccc(F)c32)cc1. The van der Waals surface area contributed by atoms with Crippen LogP contribution in [0.4, 0.5) is 4.39 Å². The van der Waals surface area contributed by atoms with Crippen molar-refractivity contribution in [2.45, 2.75) is 38.2 Å². The van der Waals surface area contributed by atoms with Gasteiger partial charge in [-0.05, 0) is 84.7 Å². The molecular formula is C30H28FNO3. The maximum absolute atomic E-state index is 15.1. The number of aryl methyl sites for hydroxylation is 1. The molecule has 1 aromatic heterocycles. The van der Waals surface area contributed by atoms with Crippen molar-refractivity contribution in [3.8, 4) is 16.9 Å². The highest BCUT2D eigenvalue weighted by molar-refractivity contribution is 5.96. The number of nitrogens with zero attached hydrogens (tertiary/aromatic N) is 1. The molecule has 5 heteroatoms. The van der Waals surface area contributed by atoms with Crippen LogP contribution in [0.5, 0.6) is 5.75 Å². The summed E-state index contributed by atoms with van der Waals surface area (Å²) in [6.07, 6.45) is 4.08. The maximum atomic E-state index is 15.1. The minimum atomic E-state index is -0.320. The van der Waals surface area contributed by atoms with Gasteiger partial charge in [0.1, 0.15) is 17.7 Å². The molecule has 1 heterocycles. The summed E-state index contributed by atoms with van der Waals surface area (Å²) < 4.78 is 28.6. The number of fused-ring (bicyclic) bond motifs is 2. The predicted octanol–water partition coefficient (Wildman–Crippen LogP) is 6.72. The Labute approximate surface area is 204 Å². The number of esters is 1. The van der Waals surface area contributed by atoms with Crippen LogP contribution < -0.4 is 4.74 Å². The lowest BCUT2D eigenvalue weighted by atomic mass is 9.94. The molecule has 3 atom stereocenters. The van der Waals surface area contributed by atoms with Crippen LogP contribution in [0.25, 0.3) is 22.0 Å². The quantitative estimate of drug-likeness (QED) is 0.295. The second kappa shape index (κ2) is 8.56. The Hall–Kier alpha value is -3.60. The fourth-order valence-corrected chi connectivity index (χ4v) is 5.61. The summed E-state index contributed by atoms with van der Waals surface area (Å²) in [6, 6.07) is 19.8. The van der Waals surface area contributed by atoms with E-state index in [2.05, 4.69) is 35.0 Å². The molecule has 0 bridgehead atoms. The van der Waals surface area contributed by atoms with Crippen LogP contribution in [0.1, 0.15) is 48.5 Å². The number of carbonyl (C=O) groups is 1. The van der Waals surface area contributed by atoms with Crippen molar-refractivity contribution in [2.24, 2.45) is 13.0 Å². The summed E-state index contributed by atoms with van der Waals surface area (Å²) in [4.78, 5) is 12.0. The Morgan fingerprint density at radius 2 is 1.89 bits per heavy atom. The van der Waals surface area contributed by atoms with Crippen LogP contribution in [0.3, 0.4) is 0 Å². The van der Waals surface area contributed by atoms with Gasteiger partial charge in [-0.2, -0.15) is 0 Å². The summed E-state index contributed by atoms with van der Waals surface area (Å²) in [7, 11) is 2.04. The highest BCUT2D eigenvalue weighted by Gasteiger charge is 2.45. The molecule has 1 saturated carbocycles. The number of hydrogen-bond donors (Lipinski definition) is 0. The number of ether oxygens (including phenoxy) is 2. The molecule has 1 fully saturated rings. The van der Waals surface area contributed by atoms with Crippen molar-refractivity contribution in [1.82, 2.24) is 4.57 Å². The zero-order chi connectivity index (χ0) is 24.1. The smallest absolute Gasteiger partial charge is 0.309 e. The third-order valence-electron chi connectivity index (χ3n) is 7.47. The monoisotopic (exact) mass is 469 g/mol. The van der Waals surface area contributed by atoms with Crippen LogP contribution in [0.15, 0.2) is 66.9 Å². The maximum Gasteiger partial charge on any atom is 0.309 e. The second-order valence-electron chi connectivity index (χ2n) is 9.57. The molecule has 4 aromatic rings. The first-order chi connectivity index (χ1) is 17.0. The molecule has 0 aliphatic heterocycles. The highest BCUT2D eigenvalue weighted by atomic mass is 19.1. The predicted molar refractivity (Wildman–Crippen MR) is 134 cm³/mol. The molecule has 0 amide bonds. The van der Waals surface area contributed by atoms with E-state index < -0.39 is 0 Å². The number of carbonyl (C=O) groups excluding carboxylic acids is 1. The molecule has 0 N–H and O–H groups in total. The van der Waals surface area contributed by atoms with E-state index >= 15 is 4.39 Å². The summed E-state index contributed by atoms with van der Waals surface area (Å²) in [6.45, 7) is 2.24. The van der Waals surface area contributed by atoms with Gasteiger partial charge in [0.2, 0.25) is 0 Å². The molecule has 3 aromatic carbocycles. The van der Waals surface area contributed by atoms with E-state index in [-0.39, 0.29) is 29.7 Å². The van der Waals surface area contributed by atoms with Crippen molar-refractivity contribution in [2.75, 3.05) is 6.61 Å². The Bertz CT molecular complexity index is 1420. The van der Waals surface area contributed by atoms with Crippen LogP contribution in [-0.2, 0) is 23.0 Å². The number of hydrogen-bond acceptors (Lipinski definition) is 3. The van der Waals surface area contributed by atoms with Crippen molar-refractivity contribution in [3.05, 3.63) is 89.4 Å². The summed E-state index contributed by atoms with van der Waals surface area (Å²) >= 11 is 0. The van der Waals surface area contributed by atoms with E-state index in [0.717, 1.165) is 52.8 Å². The number of rotatable bonds is 6. The van der Waals surface area contributed by atoms with E-state index in [0.29, 0.717) is 12.2 Å². The lowest BCUT2D eigenvalue weighted by molar-refractivity contribution is -0.144. The van der Waals surface area contributed by atoms with Crippen LogP contribution in [0, 0.1) is 11.7 Å². The number of halogens is 1. The van der Waals surface area contributed by atoms with Gasteiger partial charge in [0.05, 0.1) is 12.5 Å². The standard InChI is InChI=1S/C30H28FNO3/c1-3-34-30(33)25-17-24(25)18-7-9-19(10-8-18)35-28-14-12-23-21(11-13-26(31)29(23)28)20-5-4-6-27-22(20)15-16-32(27)2/h4-11,13,15-16,24-25,28H,3,12,14,17H2,1-2H3/t24-,25+,28-/m1/s1. The molecule has 0 radical (unpaired) electrons. The van der Waals surface area contributed by atoms with Crippen molar-refractivity contribution >= 4 is 16.9 Å². The van der Waals surface area contributed by atoms with E-state index in [1.165, 1.54) is 5.39 Å². The van der Waals surface area contributed by atoms with Gasteiger partial charge in [0.25, 0.3) is 0 Å². The molecule has 2 aliphatic carbocycles. The Kier molecular flexibility index (Phi) is 5.36. The summed E-state index contributed by atoms with van der Waals surface area (Å²) in [5.74, 6) is 0.576. The minimum Gasteiger partial charge on any atom is -0.486 e. The fraction of sp³-hybridized carbons (Fsp3) is 0.300. The molecule has 4 nitrogen and oxygen atoms in total. The van der Waals surface area contributed by atoms with Gasteiger partial charge < -0.3 is 14.0 Å². The average Bonchev–Trinajstić information content (AvgIpc) is 3.43. The Morgan fingerprint density at radius 1 is 1.06 bits per heavy atom. The Morgan fingerprint density at radius 3 is 2.69 bits per heavy atom. The van der Waals surface area contributed by atoms with Gasteiger partial charge >= 0.3 is 5.97 Å². The first-order valence-corrected chi connectivity index (χ1v) is 12.3. The minimum absolute atomic E-state index is 0.0370. The van der Waals surface area contributed by atoms with E-state index in [1.54, 1.807) is 6.07 Å². The zero-order valence-corrected chi connectivity index (χ0v) is 20.0. The third kappa shape index (κ3) is 3.79. The van der Waals surface area contributed by atoms with Crippen molar-refractivity contribution in [3.63, 3.8) is 0 Å². The number of benzene rings is 3. The second-order valence-corrected chi connectivity index (χ2v) is 9.57. The van der Waals surface area contributed by atoms with E-state index in [9.17, 15) is 4.79 Å². The molecule has 178 valence electrons. The van der Waals surface area contributed by atoms with Gasteiger partial charge in [0.15, 0.2) is 0 Å². The normalized spacial score (nSPS) is 20.6. The van der Waals surface area contributed by atoms with Crippen LogP contribution >= 0.6 is 0 Å². The first kappa shape index (κ1) is 21.9. The van der Waals surface area contributed by atoms with Gasteiger partial charge in [-0.15, -0.1) is 0 Å². The average molecular weight is 470 g/mol. The highest BCUT2D eigenvalue weighted by Crippen LogP contribution is 2.49. The molecule has 2 aliphatic rings. The molecule has 6 rings (SSSR count). The van der Waals surface area contributed by atoms with Crippen LogP contribution in [0.2, 0.25) is 0 Å². The topological polar surface area (TPSA) is 40.5 Å². The van der Waals surface area contributed by atoms with Gasteiger partial charge in [-0.25, -0.2) is 4.39 Å². The van der Waals surface area contributed by atoms with E-state index in [4.69, 9.17) is 9.47 Å². The molecule has 0 spiro atoms. The lowest BCUT2D eigenvalue weighted by Crippen LogP contribution is -2.07. The van der Waals surface area contributed by atoms with Gasteiger partial charge in [0, 0.05) is 29.7 Å². The largest absolute Gasteiger partial charge is 0.486 e. The molecule has 35 heavy (non-hydrogen) atoms. The van der Waals surface area contributed by atoms with Crippen molar-refractivity contribution < 1.29 is 18.7 Å². The first-order valence-electron chi connectivity index (χ1n) is 12.3. The Balaban J connectivity index is 1.25. The molecule has 0 saturated heterocycles. The number of aromatic nitrogens is 1. The molecular weight excluding hydrogens is 441 g/mol. The van der Waals surface area contributed by atoms with Crippen molar-refractivity contribution in [1.29, 1.82) is 0 Å². The summed E-state index contributed by atoms with van der Waals surface area (Å²) in [5.41, 5.74) is 6.20. The van der Waals surface area contributed by atoms with Crippen LogP contribution in [-0.4, -0.2) is 17.1 Å². The van der Waals surface area contributed by atoms with Gasteiger partial charge in [-0.1, -0.05) is 30.3 Å². The summed E-state index contributed by atoms with van der Waals surface area (Å²) in [5, 5.41) is 1.17. The lowest BCUT2D eigenvalue weighted by Gasteiger charge is -2.17. The van der Waals surface area contributed by atoms with E-state index in [1.807, 2.05) is 44.3 Å². The van der Waals surface area contributed by atoms with Gasteiger partial charge in [-0.3, -0.25) is 4.79 Å². The molecule has 0 unspecified atom stereocenters. The zero-order valence-electron chi connectivity index (χ0n) is 20.0. The fourth-order valence-electron chi connectivity index (χ4n) is 5.61.